The molecule has 0 saturated carbocycles. The van der Waals surface area contributed by atoms with Gasteiger partial charge in [0.15, 0.2) is 0 Å². The first-order valence-corrected chi connectivity index (χ1v) is 9.10. The van der Waals surface area contributed by atoms with Gasteiger partial charge in [-0.1, -0.05) is 13.8 Å². The van der Waals surface area contributed by atoms with Crippen LogP contribution in [0.15, 0.2) is 24.3 Å². The summed E-state index contributed by atoms with van der Waals surface area (Å²) in [5.41, 5.74) is 0.932. The highest BCUT2D eigenvalue weighted by atomic mass is 19.1. The molecule has 24 heavy (non-hydrogen) atoms. The number of halogens is 1. The van der Waals surface area contributed by atoms with Gasteiger partial charge in [-0.15, -0.1) is 0 Å². The van der Waals surface area contributed by atoms with Gasteiger partial charge in [-0.05, 0) is 43.5 Å². The lowest BCUT2D eigenvalue weighted by atomic mass is 9.79. The van der Waals surface area contributed by atoms with Gasteiger partial charge >= 0.3 is 0 Å². The van der Waals surface area contributed by atoms with E-state index in [2.05, 4.69) is 29.0 Å². The van der Waals surface area contributed by atoms with E-state index >= 15 is 0 Å². The summed E-state index contributed by atoms with van der Waals surface area (Å²) in [5, 5.41) is 3.21. The van der Waals surface area contributed by atoms with Gasteiger partial charge in [-0.2, -0.15) is 0 Å². The van der Waals surface area contributed by atoms with Crippen LogP contribution in [-0.4, -0.2) is 49.6 Å². The summed E-state index contributed by atoms with van der Waals surface area (Å²) < 4.78 is 13.0. The van der Waals surface area contributed by atoms with Gasteiger partial charge in [0, 0.05) is 44.5 Å². The third-order valence-corrected chi connectivity index (χ3v) is 5.85. The van der Waals surface area contributed by atoms with Gasteiger partial charge in [0.2, 0.25) is 5.91 Å². The quantitative estimate of drug-likeness (QED) is 0.900. The van der Waals surface area contributed by atoms with E-state index < -0.39 is 0 Å². The van der Waals surface area contributed by atoms with Gasteiger partial charge in [0.25, 0.3) is 0 Å². The molecule has 5 heteroatoms. The maximum absolute atomic E-state index is 13.0. The molecule has 0 aliphatic carbocycles. The second-order valence-corrected chi connectivity index (χ2v) is 7.13. The Balaban J connectivity index is 1.51. The van der Waals surface area contributed by atoms with Crippen LogP contribution in [0.5, 0.6) is 0 Å². The SMILES string of the molecule is CCC1(CC)CC(CN2CCN(c3ccc(F)cc3)CC2)NC1=O. The summed E-state index contributed by atoms with van der Waals surface area (Å²) in [6, 6.07) is 7.00. The van der Waals surface area contributed by atoms with Gasteiger partial charge in [0.05, 0.1) is 5.41 Å². The Kier molecular flexibility index (Phi) is 5.09. The number of nitrogens with one attached hydrogen (secondary N) is 1. The zero-order chi connectivity index (χ0) is 17.2. The number of nitrogens with zero attached hydrogens (tertiary/aromatic N) is 2. The summed E-state index contributed by atoms with van der Waals surface area (Å²) in [6.45, 7) is 9.02. The molecule has 1 aromatic carbocycles. The lowest BCUT2D eigenvalue weighted by molar-refractivity contribution is -0.128. The van der Waals surface area contributed by atoms with Crippen molar-refractivity contribution < 1.29 is 9.18 Å². The molecule has 2 heterocycles. The maximum Gasteiger partial charge on any atom is 0.226 e. The highest BCUT2D eigenvalue weighted by Gasteiger charge is 2.44. The molecular weight excluding hydrogens is 305 g/mol. The zero-order valence-electron chi connectivity index (χ0n) is 14.7. The molecule has 2 aliphatic heterocycles. The minimum Gasteiger partial charge on any atom is -0.369 e. The Labute approximate surface area is 144 Å². The molecule has 4 nitrogen and oxygen atoms in total. The first kappa shape index (κ1) is 17.2. The Morgan fingerprint density at radius 2 is 1.75 bits per heavy atom. The van der Waals surface area contributed by atoms with E-state index in [4.69, 9.17) is 0 Å². The summed E-state index contributed by atoms with van der Waals surface area (Å²) in [5.74, 6) is 0.0483. The number of amides is 1. The number of benzene rings is 1. The molecule has 1 unspecified atom stereocenters. The van der Waals surface area contributed by atoms with E-state index in [9.17, 15) is 9.18 Å². The Morgan fingerprint density at radius 1 is 1.12 bits per heavy atom. The van der Waals surface area contributed by atoms with Crippen LogP contribution in [0.25, 0.3) is 0 Å². The van der Waals surface area contributed by atoms with Crippen LogP contribution in [-0.2, 0) is 4.79 Å². The lowest BCUT2D eigenvalue weighted by Gasteiger charge is -2.37. The largest absolute Gasteiger partial charge is 0.369 e. The van der Waals surface area contributed by atoms with Crippen LogP contribution in [0.1, 0.15) is 33.1 Å². The van der Waals surface area contributed by atoms with Gasteiger partial charge in [0.1, 0.15) is 5.82 Å². The number of piperazine rings is 1. The summed E-state index contributed by atoms with van der Waals surface area (Å²) in [4.78, 5) is 17.0. The number of carbonyl (C=O) groups excluding carboxylic acids is 1. The minimum atomic E-state index is -0.190. The molecule has 1 N–H and O–H groups in total. The fourth-order valence-corrected chi connectivity index (χ4v) is 4.08. The van der Waals surface area contributed by atoms with Crippen LogP contribution >= 0.6 is 0 Å². The predicted molar refractivity (Wildman–Crippen MR) is 94.6 cm³/mol. The molecule has 0 spiro atoms. The van der Waals surface area contributed by atoms with E-state index in [1.807, 2.05) is 12.1 Å². The summed E-state index contributed by atoms with van der Waals surface area (Å²) >= 11 is 0. The van der Waals surface area contributed by atoms with Crippen LogP contribution < -0.4 is 10.2 Å². The average molecular weight is 333 g/mol. The molecule has 1 aromatic rings. The molecule has 132 valence electrons. The normalized spacial score (nSPS) is 24.2. The van der Waals surface area contributed by atoms with Gasteiger partial charge < -0.3 is 10.2 Å². The molecule has 1 amide bonds. The zero-order valence-corrected chi connectivity index (χ0v) is 14.7. The second kappa shape index (κ2) is 7.09. The van der Waals surface area contributed by atoms with Crippen LogP contribution in [0.4, 0.5) is 10.1 Å². The fourth-order valence-electron chi connectivity index (χ4n) is 4.08. The van der Waals surface area contributed by atoms with Gasteiger partial charge in [-0.25, -0.2) is 4.39 Å². The van der Waals surface area contributed by atoms with Crippen LogP contribution in [0.3, 0.4) is 0 Å². The third kappa shape index (κ3) is 3.41. The van der Waals surface area contributed by atoms with E-state index in [-0.39, 0.29) is 23.2 Å². The summed E-state index contributed by atoms with van der Waals surface area (Å²) in [6.07, 6.45) is 2.80. The van der Waals surface area contributed by atoms with Crippen LogP contribution in [0, 0.1) is 11.2 Å². The van der Waals surface area contributed by atoms with E-state index in [1.165, 1.54) is 12.1 Å². The molecule has 0 bridgehead atoms. The Morgan fingerprint density at radius 3 is 2.29 bits per heavy atom. The first-order valence-electron chi connectivity index (χ1n) is 9.10. The molecule has 2 aliphatic rings. The molecule has 3 rings (SSSR count). The topological polar surface area (TPSA) is 35.6 Å². The molecule has 2 saturated heterocycles. The molecule has 0 aromatic heterocycles. The molecular formula is C19H28FN3O. The van der Waals surface area contributed by atoms with Crippen molar-refractivity contribution in [1.82, 2.24) is 10.2 Å². The second-order valence-electron chi connectivity index (χ2n) is 7.13. The van der Waals surface area contributed by atoms with Crippen molar-refractivity contribution in [3.63, 3.8) is 0 Å². The van der Waals surface area contributed by atoms with Crippen molar-refractivity contribution in [3.8, 4) is 0 Å². The number of carbonyl (C=O) groups is 1. The minimum absolute atomic E-state index is 0.152. The van der Waals surface area contributed by atoms with E-state index in [0.717, 1.165) is 57.7 Å². The van der Waals surface area contributed by atoms with Gasteiger partial charge in [-0.3, -0.25) is 9.69 Å². The molecule has 0 radical (unpaired) electrons. The smallest absolute Gasteiger partial charge is 0.226 e. The van der Waals surface area contributed by atoms with Crippen molar-refractivity contribution in [2.24, 2.45) is 5.41 Å². The summed E-state index contributed by atoms with van der Waals surface area (Å²) in [7, 11) is 0. The standard InChI is InChI=1S/C19H28FN3O/c1-3-19(4-2)13-16(21-18(19)24)14-22-9-11-23(12-10-22)17-7-5-15(20)6-8-17/h5-8,16H,3-4,9-14H2,1-2H3,(H,21,24). The van der Waals surface area contributed by atoms with Crippen molar-refractivity contribution >= 4 is 11.6 Å². The number of hydrogen-bond acceptors (Lipinski definition) is 3. The Bertz CT molecular complexity index is 562. The highest BCUT2D eigenvalue weighted by molar-refractivity contribution is 5.85. The average Bonchev–Trinajstić information content (AvgIpc) is 2.92. The van der Waals surface area contributed by atoms with Crippen LogP contribution in [0.2, 0.25) is 0 Å². The van der Waals surface area contributed by atoms with Crippen molar-refractivity contribution in [2.75, 3.05) is 37.6 Å². The molecule has 1 atom stereocenters. The van der Waals surface area contributed by atoms with E-state index in [1.54, 1.807) is 0 Å². The number of anilines is 1. The predicted octanol–water partition coefficient (Wildman–Crippen LogP) is 2.64. The monoisotopic (exact) mass is 333 g/mol. The third-order valence-electron chi connectivity index (χ3n) is 5.85. The lowest BCUT2D eigenvalue weighted by Crippen LogP contribution is -2.50. The first-order chi connectivity index (χ1) is 11.6. The van der Waals surface area contributed by atoms with Crippen molar-refractivity contribution in [1.29, 1.82) is 0 Å². The van der Waals surface area contributed by atoms with Crippen molar-refractivity contribution in [3.05, 3.63) is 30.1 Å². The fraction of sp³-hybridized carbons (Fsp3) is 0.632. The highest BCUT2D eigenvalue weighted by Crippen LogP contribution is 2.37. The number of rotatable bonds is 5. The van der Waals surface area contributed by atoms with Crippen molar-refractivity contribution in [2.45, 2.75) is 39.2 Å². The van der Waals surface area contributed by atoms with E-state index in [0.29, 0.717) is 0 Å². The Hall–Kier alpha value is -1.62. The maximum atomic E-state index is 13.0. The molecule has 2 fully saturated rings. The number of hydrogen-bond donors (Lipinski definition) is 1.